The molecule has 11 aromatic carbocycles. The Labute approximate surface area is 473 Å². The molecule has 4 nitrogen and oxygen atoms in total. The van der Waals surface area contributed by atoms with Gasteiger partial charge in [-0.3, -0.25) is 0 Å². The summed E-state index contributed by atoms with van der Waals surface area (Å²) in [5, 5.41) is 12.0. The SMILES string of the molecule is CC1C=C(N(c2ccc3ccc4c(N(c5ccc(-c6ccccc6)cc5)c5cccc6c5oc5c(C7CCCCC7)cccc56)ccc5ccc2c3c54)c2cccc3c2oc2c(C4CCCCC4)cccc23)C=CC1c1ccccc1. The molecule has 13 aromatic rings. The number of allylic oxidation sites excluding steroid dienone is 3. The zero-order chi connectivity index (χ0) is 53.5. The van der Waals surface area contributed by atoms with Gasteiger partial charge in [0.1, 0.15) is 11.2 Å². The molecule has 0 bridgehead atoms. The second-order valence-corrected chi connectivity index (χ2v) is 23.6. The molecular weight excluding hydrogens is 985 g/mol. The molecule has 3 aliphatic rings. The van der Waals surface area contributed by atoms with E-state index >= 15 is 0 Å². The van der Waals surface area contributed by atoms with Crippen LogP contribution in [0, 0.1) is 5.92 Å². The molecule has 2 saturated carbocycles. The fourth-order valence-electron chi connectivity index (χ4n) is 14.9. The van der Waals surface area contributed by atoms with Crippen LogP contribution < -0.4 is 9.80 Å². The molecular formula is C77H64N2O2. The van der Waals surface area contributed by atoms with Crippen molar-refractivity contribution in [2.45, 2.75) is 88.9 Å². The lowest BCUT2D eigenvalue weighted by Crippen LogP contribution is -2.20. The Morgan fingerprint density at radius 1 is 0.370 bits per heavy atom. The minimum Gasteiger partial charge on any atom is -0.454 e. The van der Waals surface area contributed by atoms with Crippen LogP contribution in [-0.2, 0) is 0 Å². The number of nitrogens with zero attached hydrogens (tertiary/aromatic N) is 2. The van der Waals surface area contributed by atoms with Crippen LogP contribution in [-0.4, -0.2) is 0 Å². The lowest BCUT2D eigenvalue weighted by Gasteiger charge is -2.32. The molecule has 0 spiro atoms. The number of fused-ring (bicyclic) bond motifs is 6. The van der Waals surface area contributed by atoms with Gasteiger partial charge in [0.25, 0.3) is 0 Å². The van der Waals surface area contributed by atoms with Crippen molar-refractivity contribution < 1.29 is 8.83 Å². The lowest BCUT2D eigenvalue weighted by atomic mass is 9.83. The third-order valence-electron chi connectivity index (χ3n) is 18.9. The van der Waals surface area contributed by atoms with Crippen LogP contribution in [0.3, 0.4) is 0 Å². The van der Waals surface area contributed by atoms with Gasteiger partial charge in [-0.15, -0.1) is 0 Å². The molecule has 2 aromatic heterocycles. The van der Waals surface area contributed by atoms with Crippen LogP contribution in [0.2, 0.25) is 0 Å². The van der Waals surface area contributed by atoms with Crippen molar-refractivity contribution in [3.05, 3.63) is 247 Å². The molecule has 4 heteroatoms. The Kier molecular flexibility index (Phi) is 11.7. The normalized spacial score (nSPS) is 17.4. The van der Waals surface area contributed by atoms with Crippen molar-refractivity contribution in [2.24, 2.45) is 5.92 Å². The predicted octanol–water partition coefficient (Wildman–Crippen LogP) is 22.6. The van der Waals surface area contributed by atoms with Crippen molar-refractivity contribution in [1.82, 2.24) is 0 Å². The number of rotatable bonds is 10. The lowest BCUT2D eigenvalue weighted by molar-refractivity contribution is 0.442. The van der Waals surface area contributed by atoms with Gasteiger partial charge in [-0.05, 0) is 135 Å². The molecule has 394 valence electrons. The average molecular weight is 1050 g/mol. The maximum atomic E-state index is 7.34. The first-order valence-electron chi connectivity index (χ1n) is 29.9. The van der Waals surface area contributed by atoms with Gasteiger partial charge in [-0.1, -0.05) is 227 Å². The summed E-state index contributed by atoms with van der Waals surface area (Å²) in [6.07, 6.45) is 19.9. The zero-order valence-electron chi connectivity index (χ0n) is 46.0. The Morgan fingerprint density at radius 2 is 0.840 bits per heavy atom. The minimum absolute atomic E-state index is 0.243. The van der Waals surface area contributed by atoms with E-state index in [2.05, 4.69) is 241 Å². The average Bonchev–Trinajstić information content (AvgIpc) is 4.31. The summed E-state index contributed by atoms with van der Waals surface area (Å²) in [6.45, 7) is 2.37. The fourth-order valence-corrected chi connectivity index (χ4v) is 14.9. The van der Waals surface area contributed by atoms with Crippen LogP contribution in [0.25, 0.3) is 87.3 Å². The Balaban J connectivity index is 0.909. The maximum Gasteiger partial charge on any atom is 0.159 e. The second kappa shape index (κ2) is 19.7. The fraction of sp³-hybridized carbons (Fsp3) is 0.195. The first-order chi connectivity index (χ1) is 40.1. The van der Waals surface area contributed by atoms with Gasteiger partial charge in [0.15, 0.2) is 11.2 Å². The quantitative estimate of drug-likeness (QED) is 0.128. The van der Waals surface area contributed by atoms with E-state index in [-0.39, 0.29) is 11.8 Å². The molecule has 0 aliphatic heterocycles. The van der Waals surface area contributed by atoms with Crippen molar-refractivity contribution in [3.63, 3.8) is 0 Å². The smallest absolute Gasteiger partial charge is 0.159 e. The van der Waals surface area contributed by atoms with E-state index in [1.165, 1.54) is 135 Å². The molecule has 2 fully saturated rings. The summed E-state index contributed by atoms with van der Waals surface area (Å²) in [4.78, 5) is 4.97. The first kappa shape index (κ1) is 48.1. The number of benzene rings is 11. The molecule has 0 amide bonds. The van der Waals surface area contributed by atoms with Crippen LogP contribution in [0.4, 0.5) is 28.4 Å². The van der Waals surface area contributed by atoms with Crippen molar-refractivity contribution in [1.29, 1.82) is 0 Å². The molecule has 0 radical (unpaired) electrons. The molecule has 2 unspecified atom stereocenters. The second-order valence-electron chi connectivity index (χ2n) is 23.6. The Hall–Kier alpha value is -8.86. The molecule has 16 rings (SSSR count). The highest BCUT2D eigenvalue weighted by Crippen LogP contribution is 2.52. The molecule has 0 saturated heterocycles. The van der Waals surface area contributed by atoms with E-state index in [9.17, 15) is 0 Å². The highest BCUT2D eigenvalue weighted by Gasteiger charge is 2.30. The number of anilines is 5. The van der Waals surface area contributed by atoms with Gasteiger partial charge in [0.05, 0.1) is 22.7 Å². The number of hydrogen-bond acceptors (Lipinski definition) is 4. The van der Waals surface area contributed by atoms with Crippen LogP contribution in [0.15, 0.2) is 239 Å². The largest absolute Gasteiger partial charge is 0.454 e. The molecule has 2 atom stereocenters. The summed E-state index contributed by atoms with van der Waals surface area (Å²) < 4.78 is 14.7. The minimum atomic E-state index is 0.243. The third-order valence-corrected chi connectivity index (χ3v) is 18.9. The molecule has 3 aliphatic carbocycles. The summed E-state index contributed by atoms with van der Waals surface area (Å²) >= 11 is 0. The number of furan rings is 2. The van der Waals surface area contributed by atoms with E-state index < -0.39 is 0 Å². The van der Waals surface area contributed by atoms with Gasteiger partial charge in [0.2, 0.25) is 0 Å². The number of para-hydroxylation sites is 4. The topological polar surface area (TPSA) is 32.8 Å². The zero-order valence-corrected chi connectivity index (χ0v) is 46.0. The Bertz CT molecular complexity index is 4570. The monoisotopic (exact) mass is 1050 g/mol. The van der Waals surface area contributed by atoms with E-state index in [1.54, 1.807) is 0 Å². The predicted molar refractivity (Wildman–Crippen MR) is 341 cm³/mol. The van der Waals surface area contributed by atoms with E-state index in [4.69, 9.17) is 8.83 Å². The van der Waals surface area contributed by atoms with Crippen LogP contribution in [0.5, 0.6) is 0 Å². The summed E-state index contributed by atoms with van der Waals surface area (Å²) in [6, 6.07) is 76.8. The standard InChI is InChI=1S/C77H64N2O2/c1-49-48-58(42-45-59(49)52-20-8-3-9-21-52)79(71-33-17-31-65-63-29-15-27-61(75(63)81-77(65)71)54-24-12-5-13-25-54)69-47-39-56-36-43-66-68(46-38-55-37-44-67(69)73(56)72(55)66)78(57-40-34-51(35-41-57)50-18-6-2-7-19-50)70-32-16-30-64-62-28-14-26-60(74(62)80-76(64)70)53-22-10-4-11-23-53/h2-3,6-9,14-21,26-49,53-54,59H,4-5,10-13,22-25H2,1H3. The highest BCUT2D eigenvalue weighted by molar-refractivity contribution is 6.28. The van der Waals surface area contributed by atoms with Gasteiger partial charge in [-0.25, -0.2) is 0 Å². The van der Waals surface area contributed by atoms with Gasteiger partial charge in [0, 0.05) is 49.6 Å². The van der Waals surface area contributed by atoms with Crippen molar-refractivity contribution >= 4 is 105 Å². The van der Waals surface area contributed by atoms with Gasteiger partial charge < -0.3 is 18.6 Å². The van der Waals surface area contributed by atoms with Crippen molar-refractivity contribution in [2.75, 3.05) is 9.80 Å². The highest BCUT2D eigenvalue weighted by atomic mass is 16.3. The van der Waals surface area contributed by atoms with E-state index in [0.29, 0.717) is 11.8 Å². The summed E-state index contributed by atoms with van der Waals surface area (Å²) in [7, 11) is 0. The maximum absolute atomic E-state index is 7.34. The molecule has 81 heavy (non-hydrogen) atoms. The van der Waals surface area contributed by atoms with Gasteiger partial charge in [-0.2, -0.15) is 0 Å². The van der Waals surface area contributed by atoms with E-state index in [1.807, 2.05) is 0 Å². The third kappa shape index (κ3) is 8.00. The summed E-state index contributed by atoms with van der Waals surface area (Å²) in [5.74, 6) is 1.53. The number of hydrogen-bond donors (Lipinski definition) is 0. The van der Waals surface area contributed by atoms with Crippen LogP contribution in [0.1, 0.15) is 106 Å². The van der Waals surface area contributed by atoms with Gasteiger partial charge >= 0.3 is 0 Å². The summed E-state index contributed by atoms with van der Waals surface area (Å²) in [5.41, 5.74) is 16.9. The molecule has 2 heterocycles. The molecule has 0 N–H and O–H groups in total. The van der Waals surface area contributed by atoms with Crippen LogP contribution >= 0.6 is 0 Å². The first-order valence-corrected chi connectivity index (χ1v) is 29.9. The van der Waals surface area contributed by atoms with Crippen molar-refractivity contribution in [3.8, 4) is 11.1 Å². The Morgan fingerprint density at radius 3 is 1.38 bits per heavy atom. The van der Waals surface area contributed by atoms with E-state index in [0.717, 1.165) is 67.2 Å².